The van der Waals surface area contributed by atoms with Crippen LogP contribution < -0.4 is 11.4 Å². The molecule has 14 nitrogen and oxygen atoms in total. The number of phosphoric ester groups is 1. The number of phosphoric acid groups is 2. The molecule has 0 amide bonds. The summed E-state index contributed by atoms with van der Waals surface area (Å²) in [5.74, 6) is -0.102. The number of aliphatic hydroxyl groups excluding tert-OH is 2. The van der Waals surface area contributed by atoms with Crippen LogP contribution in [0.2, 0.25) is 0 Å². The van der Waals surface area contributed by atoms with E-state index in [0.717, 1.165) is 10.8 Å². The van der Waals surface area contributed by atoms with E-state index >= 15 is 0 Å². The largest absolute Gasteiger partial charge is 0.481 e. The molecule has 25 heavy (non-hydrogen) atoms. The highest BCUT2D eigenvalue weighted by molar-refractivity contribution is 7.60. The second-order valence-electron chi connectivity index (χ2n) is 4.89. The molecule has 0 spiro atoms. The molecule has 2 heterocycles. The Kier molecular flexibility index (Phi) is 5.81. The first-order valence-electron chi connectivity index (χ1n) is 6.50. The molecule has 0 saturated carbocycles. The average Bonchev–Trinajstić information content (AvgIpc) is 2.73. The third kappa shape index (κ3) is 4.92. The number of nitrogens with zero attached hydrogens (tertiary/aromatic N) is 2. The minimum atomic E-state index is -5.38. The first-order chi connectivity index (χ1) is 11.4. The number of hydrogen-bond acceptors (Lipinski definition) is 10. The van der Waals surface area contributed by atoms with E-state index in [1.807, 2.05) is 0 Å². The molecule has 0 radical (unpaired) electrons. The summed E-state index contributed by atoms with van der Waals surface area (Å²) in [7, 11) is -10.7. The molecule has 142 valence electrons. The van der Waals surface area contributed by atoms with E-state index in [-0.39, 0.29) is 5.82 Å². The number of ether oxygens (including phenoxy) is 1. The second-order valence-corrected chi connectivity index (χ2v) is 7.67. The Morgan fingerprint density at radius 3 is 2.52 bits per heavy atom. The molecule has 0 aliphatic carbocycles. The van der Waals surface area contributed by atoms with Gasteiger partial charge in [0.25, 0.3) is 0 Å². The molecule has 5 atom stereocenters. The zero-order valence-electron chi connectivity index (χ0n) is 12.2. The van der Waals surface area contributed by atoms with Crippen molar-refractivity contribution in [1.29, 1.82) is 0 Å². The van der Waals surface area contributed by atoms with Crippen LogP contribution in [-0.4, -0.2) is 59.4 Å². The van der Waals surface area contributed by atoms with Crippen molar-refractivity contribution in [2.45, 2.75) is 24.5 Å². The van der Waals surface area contributed by atoms with Gasteiger partial charge in [-0.25, -0.2) is 13.9 Å². The fourth-order valence-electron chi connectivity index (χ4n) is 2.15. The van der Waals surface area contributed by atoms with Gasteiger partial charge in [0, 0.05) is 6.20 Å². The van der Waals surface area contributed by atoms with Gasteiger partial charge in [-0.1, -0.05) is 0 Å². The standard InChI is InChI=1S/C9H15N3O11P2/c10-5-1-2-12(9(15)11-5)8-6(14)7(4(3-13)21-8)22-25(19,20)23-24(16,17)18/h1-2,4,6-8,13-14H,3H2,(H,19,20)(H2,10,11,15)(H2,16,17,18)/t4-,6?,7?,8-/m1/s1. The Morgan fingerprint density at radius 2 is 2.00 bits per heavy atom. The van der Waals surface area contributed by atoms with Crippen LogP contribution in [0.15, 0.2) is 17.1 Å². The Labute approximate surface area is 139 Å². The van der Waals surface area contributed by atoms with Gasteiger partial charge in [-0.15, -0.1) is 0 Å². The lowest BCUT2D eigenvalue weighted by molar-refractivity contribution is -0.0547. The van der Waals surface area contributed by atoms with E-state index in [4.69, 9.17) is 20.3 Å². The lowest BCUT2D eigenvalue weighted by atomic mass is 10.1. The molecule has 1 aliphatic rings. The molecule has 1 aliphatic heterocycles. The second kappa shape index (κ2) is 7.21. The molecule has 1 aromatic rings. The summed E-state index contributed by atoms with van der Waals surface area (Å²) in [5, 5.41) is 19.5. The van der Waals surface area contributed by atoms with Crippen molar-refractivity contribution >= 4 is 21.5 Å². The van der Waals surface area contributed by atoms with Gasteiger partial charge in [0.05, 0.1) is 6.61 Å². The fraction of sp³-hybridized carbons (Fsp3) is 0.556. The summed E-state index contributed by atoms with van der Waals surface area (Å²) in [6.07, 6.45) is -5.30. The number of nitrogen functional groups attached to an aromatic ring is 1. The number of nitrogens with two attached hydrogens (primary N) is 1. The van der Waals surface area contributed by atoms with Gasteiger partial charge in [-0.05, 0) is 6.07 Å². The summed E-state index contributed by atoms with van der Waals surface area (Å²) in [4.78, 5) is 41.7. The normalized spacial score (nSPS) is 29.5. The highest BCUT2D eigenvalue weighted by Crippen LogP contribution is 2.59. The molecule has 7 N–H and O–H groups in total. The lowest BCUT2D eigenvalue weighted by Gasteiger charge is -2.22. The molecule has 3 unspecified atom stereocenters. The van der Waals surface area contributed by atoms with Crippen molar-refractivity contribution in [1.82, 2.24) is 9.55 Å². The van der Waals surface area contributed by atoms with Gasteiger partial charge in [0.15, 0.2) is 6.23 Å². The van der Waals surface area contributed by atoms with Crippen LogP contribution in [-0.2, 0) is 22.7 Å². The van der Waals surface area contributed by atoms with Gasteiger partial charge in [-0.3, -0.25) is 9.09 Å². The maximum Gasteiger partial charge on any atom is 0.481 e. The fourth-order valence-corrected chi connectivity index (χ4v) is 3.95. The van der Waals surface area contributed by atoms with Crippen LogP contribution in [0.4, 0.5) is 5.82 Å². The van der Waals surface area contributed by atoms with Gasteiger partial charge in [-0.2, -0.15) is 9.29 Å². The minimum absolute atomic E-state index is 0.102. The highest BCUT2D eigenvalue weighted by atomic mass is 31.3. The topological polar surface area (TPSA) is 224 Å². The van der Waals surface area contributed by atoms with Crippen LogP contribution in [0.1, 0.15) is 6.23 Å². The van der Waals surface area contributed by atoms with E-state index < -0.39 is 52.5 Å². The molecule has 0 aromatic carbocycles. The summed E-state index contributed by atoms with van der Waals surface area (Å²) < 4.78 is 36.4. The summed E-state index contributed by atoms with van der Waals surface area (Å²) in [6.45, 7) is -0.814. The molecule has 1 fully saturated rings. The van der Waals surface area contributed by atoms with E-state index in [2.05, 4.69) is 13.8 Å². The predicted molar refractivity (Wildman–Crippen MR) is 77.7 cm³/mol. The van der Waals surface area contributed by atoms with Crippen molar-refractivity contribution < 1.29 is 47.6 Å². The maximum atomic E-state index is 11.8. The number of aliphatic hydroxyl groups is 2. The van der Waals surface area contributed by atoms with E-state index in [9.17, 15) is 29.0 Å². The Bertz CT molecular complexity index is 778. The van der Waals surface area contributed by atoms with Crippen molar-refractivity contribution in [3.63, 3.8) is 0 Å². The number of anilines is 1. The number of hydrogen-bond donors (Lipinski definition) is 6. The summed E-state index contributed by atoms with van der Waals surface area (Å²) in [6, 6.07) is 1.22. The minimum Gasteiger partial charge on any atom is -0.394 e. The van der Waals surface area contributed by atoms with E-state index in [1.54, 1.807) is 0 Å². The zero-order valence-corrected chi connectivity index (χ0v) is 14.0. The quantitative estimate of drug-likeness (QED) is 0.274. The maximum absolute atomic E-state index is 11.8. The van der Waals surface area contributed by atoms with Gasteiger partial charge in [0.1, 0.15) is 24.1 Å². The van der Waals surface area contributed by atoms with Crippen molar-refractivity contribution in [2.75, 3.05) is 12.3 Å². The van der Waals surface area contributed by atoms with Gasteiger partial charge in [0.2, 0.25) is 0 Å². The Morgan fingerprint density at radius 1 is 1.36 bits per heavy atom. The SMILES string of the molecule is Nc1ccn([C@@H]2O[C@H](CO)C(OP(=O)(O)OP(=O)(O)O)C2O)c(=O)n1. The monoisotopic (exact) mass is 403 g/mol. The zero-order chi connectivity index (χ0) is 19.0. The van der Waals surface area contributed by atoms with Crippen molar-refractivity contribution in [3.8, 4) is 0 Å². The highest BCUT2D eigenvalue weighted by Gasteiger charge is 2.50. The van der Waals surface area contributed by atoms with Gasteiger partial charge >= 0.3 is 21.3 Å². The molecule has 1 saturated heterocycles. The molecule has 1 aromatic heterocycles. The molecule has 16 heteroatoms. The van der Waals surface area contributed by atoms with E-state index in [1.165, 1.54) is 6.07 Å². The van der Waals surface area contributed by atoms with Crippen LogP contribution >= 0.6 is 15.6 Å². The molecular formula is C9H15N3O11P2. The van der Waals surface area contributed by atoms with Crippen LogP contribution in [0, 0.1) is 0 Å². The van der Waals surface area contributed by atoms with Crippen LogP contribution in [0.5, 0.6) is 0 Å². The van der Waals surface area contributed by atoms with Crippen molar-refractivity contribution in [3.05, 3.63) is 22.7 Å². The molecular weight excluding hydrogens is 388 g/mol. The van der Waals surface area contributed by atoms with Crippen LogP contribution in [0.25, 0.3) is 0 Å². The van der Waals surface area contributed by atoms with Crippen molar-refractivity contribution in [2.24, 2.45) is 0 Å². The first kappa shape index (κ1) is 20.1. The molecule has 2 rings (SSSR count). The van der Waals surface area contributed by atoms with Crippen LogP contribution in [0.3, 0.4) is 0 Å². The summed E-state index contributed by atoms with van der Waals surface area (Å²) in [5.41, 5.74) is 4.41. The number of rotatable bonds is 6. The first-order valence-corrected chi connectivity index (χ1v) is 9.53. The Balaban J connectivity index is 2.26. The molecule has 0 bridgehead atoms. The number of aromatic nitrogens is 2. The predicted octanol–water partition coefficient (Wildman–Crippen LogP) is -2.33. The third-order valence-corrected chi connectivity index (χ3v) is 5.27. The third-order valence-electron chi connectivity index (χ3n) is 3.08. The van der Waals surface area contributed by atoms with E-state index in [0.29, 0.717) is 0 Å². The Hall–Kier alpha value is -1.18. The van der Waals surface area contributed by atoms with Gasteiger partial charge < -0.3 is 35.4 Å². The lowest BCUT2D eigenvalue weighted by Crippen LogP contribution is -2.37. The average molecular weight is 403 g/mol. The summed E-state index contributed by atoms with van der Waals surface area (Å²) >= 11 is 0. The smallest absolute Gasteiger partial charge is 0.394 e.